The molecule has 0 saturated heterocycles. The summed E-state index contributed by atoms with van der Waals surface area (Å²) in [6.07, 6.45) is 4.16. The lowest BCUT2D eigenvalue weighted by molar-refractivity contribution is -0.130. The second-order valence-electron chi connectivity index (χ2n) is 7.88. The average Bonchev–Trinajstić information content (AvgIpc) is 3.07. The zero-order chi connectivity index (χ0) is 20.9. The number of hydrogen-bond donors (Lipinski definition) is 0. The fourth-order valence-electron chi connectivity index (χ4n) is 3.85. The van der Waals surface area contributed by atoms with Gasteiger partial charge in [-0.15, -0.1) is 0 Å². The van der Waals surface area contributed by atoms with Crippen LogP contribution in [0.4, 0.5) is 0 Å². The van der Waals surface area contributed by atoms with E-state index in [1.165, 1.54) is 0 Å². The fourth-order valence-corrected chi connectivity index (χ4v) is 3.85. The van der Waals surface area contributed by atoms with Gasteiger partial charge in [-0.25, -0.2) is 0 Å². The van der Waals surface area contributed by atoms with Crippen LogP contribution in [0.25, 0.3) is 0 Å². The molecule has 0 radical (unpaired) electrons. The normalized spacial score (nSPS) is 16.4. The van der Waals surface area contributed by atoms with Crippen molar-refractivity contribution in [2.75, 3.05) is 20.1 Å². The molecule has 0 bridgehead atoms. The van der Waals surface area contributed by atoms with Gasteiger partial charge in [-0.1, -0.05) is 48.5 Å². The summed E-state index contributed by atoms with van der Waals surface area (Å²) in [7, 11) is 3.73. The number of aromatic nitrogens is 2. The first kappa shape index (κ1) is 20.2. The van der Waals surface area contributed by atoms with Crippen molar-refractivity contribution in [2.24, 2.45) is 7.05 Å². The topological polar surface area (TPSA) is 50.6 Å². The van der Waals surface area contributed by atoms with Crippen molar-refractivity contribution in [1.82, 2.24) is 19.6 Å². The highest BCUT2D eigenvalue weighted by molar-refractivity contribution is 5.76. The van der Waals surface area contributed by atoms with E-state index >= 15 is 0 Å². The van der Waals surface area contributed by atoms with Crippen LogP contribution in [-0.4, -0.2) is 45.6 Å². The Kier molecular flexibility index (Phi) is 6.14. The highest BCUT2D eigenvalue weighted by atomic mass is 16.5. The number of hydrogen-bond acceptors (Lipinski definition) is 4. The molecule has 2 aromatic carbocycles. The zero-order valence-electron chi connectivity index (χ0n) is 17.6. The molecule has 1 unspecified atom stereocenters. The minimum absolute atomic E-state index is 0.0573. The van der Waals surface area contributed by atoms with Gasteiger partial charge in [0.15, 0.2) is 0 Å². The van der Waals surface area contributed by atoms with Gasteiger partial charge < -0.3 is 9.64 Å². The quantitative estimate of drug-likeness (QED) is 0.632. The number of carbonyl (C=O) groups excluding carboxylic acids is 1. The van der Waals surface area contributed by atoms with Gasteiger partial charge in [0.2, 0.25) is 5.91 Å². The van der Waals surface area contributed by atoms with E-state index in [-0.39, 0.29) is 12.0 Å². The van der Waals surface area contributed by atoms with Gasteiger partial charge in [-0.3, -0.25) is 14.4 Å². The fraction of sp³-hybridized carbons (Fsp3) is 0.333. The average molecular weight is 405 g/mol. The summed E-state index contributed by atoms with van der Waals surface area (Å²) in [6.45, 7) is 2.79. The lowest BCUT2D eigenvalue weighted by atomic mass is 10.1. The molecule has 1 aliphatic rings. The van der Waals surface area contributed by atoms with E-state index < -0.39 is 0 Å². The van der Waals surface area contributed by atoms with E-state index in [1.807, 2.05) is 56.7 Å². The van der Waals surface area contributed by atoms with Gasteiger partial charge in [0.1, 0.15) is 11.9 Å². The van der Waals surface area contributed by atoms with Crippen LogP contribution in [0.15, 0.2) is 67.0 Å². The van der Waals surface area contributed by atoms with E-state index in [0.29, 0.717) is 19.5 Å². The van der Waals surface area contributed by atoms with Gasteiger partial charge in [-0.05, 0) is 11.6 Å². The van der Waals surface area contributed by atoms with Crippen molar-refractivity contribution in [3.05, 3.63) is 83.7 Å². The first-order valence-electron chi connectivity index (χ1n) is 10.3. The Bertz CT molecular complexity index is 986. The summed E-state index contributed by atoms with van der Waals surface area (Å²) in [4.78, 5) is 16.8. The number of fused-ring (bicyclic) bond motifs is 1. The van der Waals surface area contributed by atoms with Crippen molar-refractivity contribution in [2.45, 2.75) is 25.6 Å². The molecule has 2 heterocycles. The first-order chi connectivity index (χ1) is 14.6. The lowest BCUT2D eigenvalue weighted by Crippen LogP contribution is -2.33. The molecule has 0 aliphatic carbocycles. The van der Waals surface area contributed by atoms with Crippen LogP contribution in [-0.2, 0) is 24.9 Å². The summed E-state index contributed by atoms with van der Waals surface area (Å²) in [5, 5.41) is 4.17. The Balaban J connectivity index is 1.42. The Morgan fingerprint density at radius 3 is 2.70 bits per heavy atom. The summed E-state index contributed by atoms with van der Waals surface area (Å²) in [5.41, 5.74) is 3.35. The maximum Gasteiger partial charge on any atom is 0.223 e. The molecule has 1 aliphatic heterocycles. The maximum atomic E-state index is 12.7. The summed E-state index contributed by atoms with van der Waals surface area (Å²) < 4.78 is 8.12. The lowest BCUT2D eigenvalue weighted by Gasteiger charge is -2.25. The Morgan fingerprint density at radius 2 is 1.93 bits per heavy atom. The Morgan fingerprint density at radius 1 is 1.17 bits per heavy atom. The van der Waals surface area contributed by atoms with Crippen LogP contribution in [0.1, 0.15) is 29.2 Å². The number of carbonyl (C=O) groups is 1. The van der Waals surface area contributed by atoms with Crippen LogP contribution >= 0.6 is 0 Å². The predicted molar refractivity (Wildman–Crippen MR) is 116 cm³/mol. The number of aryl methyl sites for hydroxylation is 1. The van der Waals surface area contributed by atoms with Gasteiger partial charge in [0.25, 0.3) is 0 Å². The van der Waals surface area contributed by atoms with Crippen LogP contribution in [0, 0.1) is 0 Å². The van der Waals surface area contributed by atoms with E-state index in [9.17, 15) is 4.79 Å². The molecule has 1 amide bonds. The largest absolute Gasteiger partial charge is 0.484 e. The molecule has 0 spiro atoms. The van der Waals surface area contributed by atoms with Crippen molar-refractivity contribution in [3.63, 3.8) is 0 Å². The van der Waals surface area contributed by atoms with Crippen molar-refractivity contribution < 1.29 is 9.53 Å². The minimum atomic E-state index is -0.0573. The van der Waals surface area contributed by atoms with Crippen molar-refractivity contribution >= 4 is 5.91 Å². The molecule has 4 rings (SSSR count). The molecule has 0 fully saturated rings. The Hall–Kier alpha value is -3.12. The smallest absolute Gasteiger partial charge is 0.223 e. The molecule has 1 atom stereocenters. The standard InChI is InChI=1S/C24H28N4O2/c1-26(15-19-14-25-27(2)16-19)24(29)12-13-28-17-21-10-6-7-11-22(21)30-23(18-28)20-8-4-3-5-9-20/h3-11,14,16,23H,12-13,15,17-18H2,1-2H3. The number of benzene rings is 2. The van der Waals surface area contributed by atoms with Gasteiger partial charge in [0, 0.05) is 64.0 Å². The van der Waals surface area contributed by atoms with Crippen LogP contribution in [0.5, 0.6) is 5.75 Å². The van der Waals surface area contributed by atoms with Crippen molar-refractivity contribution in [1.29, 1.82) is 0 Å². The van der Waals surface area contributed by atoms with Gasteiger partial charge in [0.05, 0.1) is 6.20 Å². The molecular formula is C24H28N4O2. The van der Waals surface area contributed by atoms with E-state index in [4.69, 9.17) is 4.74 Å². The van der Waals surface area contributed by atoms with Gasteiger partial charge >= 0.3 is 0 Å². The monoisotopic (exact) mass is 404 g/mol. The second kappa shape index (κ2) is 9.13. The van der Waals surface area contributed by atoms with Crippen LogP contribution in [0.2, 0.25) is 0 Å². The molecule has 0 saturated carbocycles. The number of amides is 1. The molecule has 1 aromatic heterocycles. The summed E-state index contributed by atoms with van der Waals surface area (Å²) in [5.74, 6) is 1.06. The number of rotatable bonds is 6. The van der Waals surface area contributed by atoms with E-state index in [1.54, 1.807) is 15.8 Å². The molecule has 6 nitrogen and oxygen atoms in total. The summed E-state index contributed by atoms with van der Waals surface area (Å²) >= 11 is 0. The van der Waals surface area contributed by atoms with E-state index in [0.717, 1.165) is 35.5 Å². The second-order valence-corrected chi connectivity index (χ2v) is 7.88. The minimum Gasteiger partial charge on any atom is -0.484 e. The zero-order valence-corrected chi connectivity index (χ0v) is 17.6. The number of nitrogens with zero attached hydrogens (tertiary/aromatic N) is 4. The summed E-state index contributed by atoms with van der Waals surface area (Å²) in [6, 6.07) is 18.5. The molecule has 6 heteroatoms. The molecule has 30 heavy (non-hydrogen) atoms. The predicted octanol–water partition coefficient (Wildman–Crippen LogP) is 3.40. The third-order valence-corrected chi connectivity index (χ3v) is 5.48. The SMILES string of the molecule is CN(Cc1cnn(C)c1)C(=O)CCN1Cc2ccccc2OC(c2ccccc2)C1. The van der Waals surface area contributed by atoms with E-state index in [2.05, 4.69) is 28.2 Å². The first-order valence-corrected chi connectivity index (χ1v) is 10.3. The Labute approximate surface area is 177 Å². The number of para-hydroxylation sites is 1. The number of ether oxygens (including phenoxy) is 1. The molecular weight excluding hydrogens is 376 g/mol. The highest BCUT2D eigenvalue weighted by Gasteiger charge is 2.24. The maximum absolute atomic E-state index is 12.7. The third kappa shape index (κ3) is 4.89. The van der Waals surface area contributed by atoms with Crippen LogP contribution in [0.3, 0.4) is 0 Å². The highest BCUT2D eigenvalue weighted by Crippen LogP contribution is 2.31. The molecule has 156 valence electrons. The van der Waals surface area contributed by atoms with Gasteiger partial charge in [-0.2, -0.15) is 5.10 Å². The molecule has 0 N–H and O–H groups in total. The van der Waals surface area contributed by atoms with Crippen molar-refractivity contribution in [3.8, 4) is 5.75 Å². The van der Waals surface area contributed by atoms with Crippen LogP contribution < -0.4 is 4.74 Å². The molecule has 3 aromatic rings. The third-order valence-electron chi connectivity index (χ3n) is 5.48.